The number of hydrogen-bond acceptors (Lipinski definition) is 2. The van der Waals surface area contributed by atoms with Crippen molar-refractivity contribution in [1.82, 2.24) is 15.5 Å². The second kappa shape index (κ2) is 4.54. The third-order valence-corrected chi connectivity index (χ3v) is 3.87. The van der Waals surface area contributed by atoms with Crippen molar-refractivity contribution >= 4 is 5.91 Å². The van der Waals surface area contributed by atoms with E-state index in [2.05, 4.69) is 10.4 Å². The van der Waals surface area contributed by atoms with E-state index < -0.39 is 17.8 Å². The van der Waals surface area contributed by atoms with Crippen LogP contribution in [0.2, 0.25) is 0 Å². The first kappa shape index (κ1) is 13.9. The molecule has 0 aliphatic heterocycles. The summed E-state index contributed by atoms with van der Waals surface area (Å²) in [5.41, 5.74) is -1.56. The maximum absolute atomic E-state index is 12.6. The minimum atomic E-state index is -4.52. The molecule has 0 aromatic carbocycles. The van der Waals surface area contributed by atoms with E-state index >= 15 is 0 Å². The molecule has 0 spiro atoms. The highest BCUT2D eigenvalue weighted by molar-refractivity contribution is 5.94. The van der Waals surface area contributed by atoms with Crippen molar-refractivity contribution in [1.29, 1.82) is 0 Å². The van der Waals surface area contributed by atoms with E-state index in [9.17, 15) is 18.0 Å². The van der Waals surface area contributed by atoms with Crippen molar-refractivity contribution in [3.05, 3.63) is 17.0 Å². The summed E-state index contributed by atoms with van der Waals surface area (Å²) in [6.07, 6.45) is -0.986. The van der Waals surface area contributed by atoms with Gasteiger partial charge in [-0.1, -0.05) is 6.92 Å². The number of halogens is 3. The van der Waals surface area contributed by atoms with Gasteiger partial charge < -0.3 is 5.32 Å². The summed E-state index contributed by atoms with van der Waals surface area (Å²) in [6.45, 7) is 3.21. The molecule has 0 atom stereocenters. The Hall–Kier alpha value is -1.53. The summed E-state index contributed by atoms with van der Waals surface area (Å²) in [5, 5.41) is 8.21. The summed E-state index contributed by atoms with van der Waals surface area (Å²) in [4.78, 5) is 12.0. The molecule has 1 saturated carbocycles. The first-order valence-corrected chi connectivity index (χ1v) is 6.24. The van der Waals surface area contributed by atoms with Crippen molar-refractivity contribution in [2.75, 3.05) is 0 Å². The van der Waals surface area contributed by atoms with Crippen LogP contribution < -0.4 is 5.32 Å². The fraction of sp³-hybridized carbons (Fsp3) is 0.667. The summed E-state index contributed by atoms with van der Waals surface area (Å²) in [5.74, 6) is -0.536. The highest BCUT2D eigenvalue weighted by Crippen LogP contribution is 2.35. The molecule has 4 nitrogen and oxygen atoms in total. The third-order valence-electron chi connectivity index (χ3n) is 3.87. The first-order chi connectivity index (χ1) is 8.79. The lowest BCUT2D eigenvalue weighted by atomic mass is 9.75. The Morgan fingerprint density at radius 2 is 2.11 bits per heavy atom. The average Bonchev–Trinajstić information content (AvgIpc) is 2.65. The van der Waals surface area contributed by atoms with Crippen molar-refractivity contribution < 1.29 is 18.0 Å². The monoisotopic (exact) mass is 275 g/mol. The van der Waals surface area contributed by atoms with E-state index in [1.807, 2.05) is 12.0 Å². The highest BCUT2D eigenvalue weighted by atomic mass is 19.4. The van der Waals surface area contributed by atoms with Gasteiger partial charge in [-0.05, 0) is 32.6 Å². The van der Waals surface area contributed by atoms with Crippen molar-refractivity contribution in [3.8, 4) is 0 Å². The molecule has 1 amide bonds. The van der Waals surface area contributed by atoms with Crippen LogP contribution in [0.15, 0.2) is 0 Å². The van der Waals surface area contributed by atoms with Crippen LogP contribution in [-0.4, -0.2) is 21.6 Å². The Kier molecular flexibility index (Phi) is 3.32. The summed E-state index contributed by atoms with van der Waals surface area (Å²) in [6, 6.07) is 0. The molecule has 1 heterocycles. The second-order valence-electron chi connectivity index (χ2n) is 5.01. The molecular weight excluding hydrogens is 259 g/mol. The fourth-order valence-electron chi connectivity index (χ4n) is 2.37. The van der Waals surface area contributed by atoms with Crippen LogP contribution in [0.1, 0.15) is 54.4 Å². The maximum atomic E-state index is 12.6. The molecule has 7 heteroatoms. The Labute approximate surface area is 108 Å². The Morgan fingerprint density at radius 3 is 2.47 bits per heavy atom. The molecule has 1 aliphatic carbocycles. The molecule has 19 heavy (non-hydrogen) atoms. The number of aromatic nitrogens is 2. The van der Waals surface area contributed by atoms with Gasteiger partial charge in [0.1, 0.15) is 5.69 Å². The fourth-order valence-corrected chi connectivity index (χ4v) is 2.37. The van der Waals surface area contributed by atoms with Crippen molar-refractivity contribution in [3.63, 3.8) is 0 Å². The summed E-state index contributed by atoms with van der Waals surface area (Å²) < 4.78 is 37.8. The molecule has 106 valence electrons. The maximum Gasteiger partial charge on any atom is 0.433 e. The third kappa shape index (κ3) is 2.46. The van der Waals surface area contributed by atoms with E-state index in [0.29, 0.717) is 0 Å². The van der Waals surface area contributed by atoms with Gasteiger partial charge in [0.15, 0.2) is 5.69 Å². The quantitative estimate of drug-likeness (QED) is 0.891. The zero-order chi connectivity index (χ0) is 14.3. The van der Waals surface area contributed by atoms with E-state index in [0.717, 1.165) is 25.7 Å². The highest BCUT2D eigenvalue weighted by Gasteiger charge is 2.40. The van der Waals surface area contributed by atoms with Gasteiger partial charge in [0.25, 0.3) is 5.91 Å². The number of hydrogen-bond donors (Lipinski definition) is 2. The normalized spacial score (nSPS) is 17.9. The lowest BCUT2D eigenvalue weighted by molar-refractivity contribution is -0.141. The molecule has 1 fully saturated rings. The number of rotatable bonds is 3. The van der Waals surface area contributed by atoms with Crippen LogP contribution >= 0.6 is 0 Å². The SMILES string of the molecule is CCC1(NC(=O)c2n[nH]c(C(F)(F)F)c2C)CCC1. The molecule has 1 aromatic heterocycles. The number of carbonyl (C=O) groups excluding carboxylic acids is 1. The van der Waals surface area contributed by atoms with Crippen LogP contribution in [0.3, 0.4) is 0 Å². The average molecular weight is 275 g/mol. The summed E-state index contributed by atoms with van der Waals surface area (Å²) in [7, 11) is 0. The molecule has 0 bridgehead atoms. The molecule has 0 unspecified atom stereocenters. The number of nitrogens with one attached hydrogen (secondary N) is 2. The van der Waals surface area contributed by atoms with Gasteiger partial charge in [0.05, 0.1) is 0 Å². The van der Waals surface area contributed by atoms with E-state index in [1.165, 1.54) is 6.92 Å². The number of carbonyl (C=O) groups is 1. The van der Waals surface area contributed by atoms with E-state index in [-0.39, 0.29) is 16.8 Å². The Morgan fingerprint density at radius 1 is 1.47 bits per heavy atom. The number of alkyl halides is 3. The smallest absolute Gasteiger partial charge is 0.345 e. The van der Waals surface area contributed by atoms with Crippen LogP contribution in [0, 0.1) is 6.92 Å². The Bertz CT molecular complexity index is 483. The number of nitrogens with zero attached hydrogens (tertiary/aromatic N) is 1. The van der Waals surface area contributed by atoms with Crippen LogP contribution in [-0.2, 0) is 6.18 Å². The van der Waals surface area contributed by atoms with Gasteiger partial charge in [0.2, 0.25) is 0 Å². The molecule has 2 N–H and O–H groups in total. The number of amides is 1. The predicted octanol–water partition coefficient (Wildman–Crippen LogP) is 2.80. The van der Waals surface area contributed by atoms with Crippen molar-refractivity contribution in [2.45, 2.75) is 51.2 Å². The molecular formula is C12H16F3N3O. The second-order valence-corrected chi connectivity index (χ2v) is 5.01. The topological polar surface area (TPSA) is 57.8 Å². The van der Waals surface area contributed by atoms with Crippen LogP contribution in [0.5, 0.6) is 0 Å². The molecule has 0 saturated heterocycles. The van der Waals surface area contributed by atoms with Gasteiger partial charge in [-0.25, -0.2) is 0 Å². The van der Waals surface area contributed by atoms with Gasteiger partial charge in [-0.15, -0.1) is 0 Å². The number of aromatic amines is 1. The lowest BCUT2D eigenvalue weighted by Gasteiger charge is -2.41. The Balaban J connectivity index is 2.19. The van der Waals surface area contributed by atoms with Crippen LogP contribution in [0.25, 0.3) is 0 Å². The van der Waals surface area contributed by atoms with Gasteiger partial charge in [-0.3, -0.25) is 9.89 Å². The van der Waals surface area contributed by atoms with E-state index in [1.54, 1.807) is 0 Å². The number of H-pyrrole nitrogens is 1. The predicted molar refractivity (Wildman–Crippen MR) is 62.7 cm³/mol. The lowest BCUT2D eigenvalue weighted by Crippen LogP contribution is -2.53. The van der Waals surface area contributed by atoms with E-state index in [4.69, 9.17) is 0 Å². The zero-order valence-corrected chi connectivity index (χ0v) is 10.8. The van der Waals surface area contributed by atoms with Gasteiger partial charge >= 0.3 is 6.18 Å². The molecule has 0 radical (unpaired) electrons. The molecule has 2 rings (SSSR count). The first-order valence-electron chi connectivity index (χ1n) is 6.24. The standard InChI is InChI=1S/C12H16F3N3O/c1-3-11(5-4-6-11)16-10(19)8-7(2)9(18-17-8)12(13,14)15/h3-6H2,1-2H3,(H,16,19)(H,17,18). The minimum Gasteiger partial charge on any atom is -0.345 e. The van der Waals surface area contributed by atoms with Gasteiger partial charge in [0, 0.05) is 11.1 Å². The van der Waals surface area contributed by atoms with Crippen molar-refractivity contribution in [2.24, 2.45) is 0 Å². The zero-order valence-electron chi connectivity index (χ0n) is 10.8. The van der Waals surface area contributed by atoms with Crippen LogP contribution in [0.4, 0.5) is 13.2 Å². The van der Waals surface area contributed by atoms with Gasteiger partial charge in [-0.2, -0.15) is 18.3 Å². The molecule has 1 aliphatic rings. The summed E-state index contributed by atoms with van der Waals surface area (Å²) >= 11 is 0. The minimum absolute atomic E-state index is 0.157. The largest absolute Gasteiger partial charge is 0.433 e. The molecule has 1 aromatic rings.